The van der Waals surface area contributed by atoms with E-state index in [1.54, 1.807) is 23.0 Å². The summed E-state index contributed by atoms with van der Waals surface area (Å²) in [5.41, 5.74) is 2.25. The van der Waals surface area contributed by atoms with E-state index in [-0.39, 0.29) is 12.7 Å². The second kappa shape index (κ2) is 6.49. The summed E-state index contributed by atoms with van der Waals surface area (Å²) in [5.74, 6) is 1.22. The molecule has 6 nitrogen and oxygen atoms in total. The van der Waals surface area contributed by atoms with Gasteiger partial charge in [0.15, 0.2) is 11.5 Å². The van der Waals surface area contributed by atoms with Crippen LogP contribution in [-0.4, -0.2) is 22.5 Å². The molecule has 1 aliphatic heterocycles. The zero-order chi connectivity index (χ0) is 17.2. The predicted octanol–water partition coefficient (Wildman–Crippen LogP) is 3.18. The minimum atomic E-state index is -0.196. The number of rotatable bonds is 4. The summed E-state index contributed by atoms with van der Waals surface area (Å²) in [5, 5.41) is 7.74. The molecule has 126 valence electrons. The summed E-state index contributed by atoms with van der Waals surface area (Å²) in [7, 11) is 0. The van der Waals surface area contributed by atoms with Crippen LogP contribution in [0, 0.1) is 0 Å². The first-order valence-electron chi connectivity index (χ1n) is 7.66. The normalized spacial score (nSPS) is 12.2. The van der Waals surface area contributed by atoms with Gasteiger partial charge < -0.3 is 14.8 Å². The number of amides is 1. The fraction of sp³-hybridized carbons (Fsp3) is 0.111. The molecule has 0 radical (unpaired) electrons. The molecule has 0 saturated heterocycles. The van der Waals surface area contributed by atoms with Gasteiger partial charge in [0.1, 0.15) is 0 Å². The monoisotopic (exact) mass is 355 g/mol. The Kier molecular flexibility index (Phi) is 4.03. The third-order valence-electron chi connectivity index (χ3n) is 3.83. The lowest BCUT2D eigenvalue weighted by molar-refractivity contribution is 0.0951. The minimum absolute atomic E-state index is 0.196. The number of carbonyl (C=O) groups excluding carboxylic acids is 1. The number of halogens is 1. The van der Waals surface area contributed by atoms with Crippen LogP contribution in [-0.2, 0) is 6.54 Å². The van der Waals surface area contributed by atoms with E-state index in [4.69, 9.17) is 21.1 Å². The molecule has 1 aliphatic rings. The molecule has 0 bridgehead atoms. The molecule has 2 aromatic carbocycles. The highest BCUT2D eigenvalue weighted by Gasteiger charge is 2.14. The van der Waals surface area contributed by atoms with Gasteiger partial charge >= 0.3 is 0 Å². The number of hydrogen-bond donors (Lipinski definition) is 1. The molecule has 0 fully saturated rings. The minimum Gasteiger partial charge on any atom is -0.454 e. The Morgan fingerprint density at radius 2 is 1.96 bits per heavy atom. The van der Waals surface area contributed by atoms with Crippen molar-refractivity contribution >= 4 is 17.5 Å². The molecule has 7 heteroatoms. The van der Waals surface area contributed by atoms with Crippen molar-refractivity contribution in [3.63, 3.8) is 0 Å². The molecule has 0 saturated carbocycles. The highest BCUT2D eigenvalue weighted by molar-refractivity contribution is 6.30. The van der Waals surface area contributed by atoms with Gasteiger partial charge in [0.05, 0.1) is 17.4 Å². The van der Waals surface area contributed by atoms with Gasteiger partial charge in [0.2, 0.25) is 6.79 Å². The molecule has 4 rings (SSSR count). The predicted molar refractivity (Wildman–Crippen MR) is 92.3 cm³/mol. The zero-order valence-corrected chi connectivity index (χ0v) is 13.9. The molecule has 0 spiro atoms. The molecule has 0 aliphatic carbocycles. The number of hydrogen-bond acceptors (Lipinski definition) is 4. The van der Waals surface area contributed by atoms with E-state index < -0.39 is 0 Å². The maximum atomic E-state index is 12.3. The van der Waals surface area contributed by atoms with Gasteiger partial charge in [-0.1, -0.05) is 17.7 Å². The lowest BCUT2D eigenvalue weighted by atomic mass is 10.2. The Morgan fingerprint density at radius 3 is 2.80 bits per heavy atom. The van der Waals surface area contributed by atoms with E-state index in [1.807, 2.05) is 30.3 Å². The van der Waals surface area contributed by atoms with Crippen LogP contribution >= 0.6 is 11.6 Å². The van der Waals surface area contributed by atoms with E-state index in [1.165, 1.54) is 6.20 Å². The maximum absolute atomic E-state index is 12.3. The Balaban J connectivity index is 1.42. The van der Waals surface area contributed by atoms with Crippen LogP contribution < -0.4 is 14.8 Å². The number of ether oxygens (including phenoxy) is 2. The van der Waals surface area contributed by atoms with Gasteiger partial charge in [-0.15, -0.1) is 0 Å². The molecule has 1 aromatic heterocycles. The standard InChI is InChI=1S/C18H14ClN3O3/c19-14-2-4-15(5-3-14)22-10-13(9-21-22)18(23)20-8-12-1-6-16-17(7-12)25-11-24-16/h1-7,9-10H,8,11H2,(H,20,23). The second-order valence-electron chi connectivity index (χ2n) is 5.52. The lowest BCUT2D eigenvalue weighted by Crippen LogP contribution is -2.22. The number of aromatic nitrogens is 2. The Labute approximate surface area is 148 Å². The third kappa shape index (κ3) is 3.29. The maximum Gasteiger partial charge on any atom is 0.254 e. The molecule has 0 atom stereocenters. The summed E-state index contributed by atoms with van der Waals surface area (Å²) >= 11 is 5.88. The van der Waals surface area contributed by atoms with E-state index in [2.05, 4.69) is 10.4 Å². The summed E-state index contributed by atoms with van der Waals surface area (Å²) in [6.45, 7) is 0.622. The number of fused-ring (bicyclic) bond motifs is 1. The molecular formula is C18H14ClN3O3. The summed E-state index contributed by atoms with van der Waals surface area (Å²) in [4.78, 5) is 12.3. The van der Waals surface area contributed by atoms with Crippen LogP contribution in [0.3, 0.4) is 0 Å². The average Bonchev–Trinajstić information content (AvgIpc) is 3.29. The van der Waals surface area contributed by atoms with Crippen LogP contribution in [0.2, 0.25) is 5.02 Å². The average molecular weight is 356 g/mol. The SMILES string of the molecule is O=C(NCc1ccc2c(c1)OCO2)c1cnn(-c2ccc(Cl)cc2)c1. The van der Waals surface area contributed by atoms with Gasteiger partial charge in [-0.05, 0) is 42.0 Å². The van der Waals surface area contributed by atoms with Crippen LogP contribution in [0.15, 0.2) is 54.9 Å². The van der Waals surface area contributed by atoms with E-state index in [9.17, 15) is 4.79 Å². The molecule has 1 amide bonds. The van der Waals surface area contributed by atoms with Gasteiger partial charge in [0.25, 0.3) is 5.91 Å². The summed E-state index contributed by atoms with van der Waals surface area (Å²) in [6.07, 6.45) is 3.21. The molecule has 2 heterocycles. The van der Waals surface area contributed by atoms with Crippen molar-refractivity contribution in [1.82, 2.24) is 15.1 Å². The number of nitrogens with one attached hydrogen (secondary N) is 1. The van der Waals surface area contributed by atoms with Crippen LogP contribution in [0.4, 0.5) is 0 Å². The highest BCUT2D eigenvalue weighted by atomic mass is 35.5. The molecule has 3 aromatic rings. The van der Waals surface area contributed by atoms with E-state index in [0.29, 0.717) is 22.9 Å². The second-order valence-corrected chi connectivity index (χ2v) is 5.96. The smallest absolute Gasteiger partial charge is 0.254 e. The first-order chi connectivity index (χ1) is 12.2. The number of carbonyl (C=O) groups is 1. The van der Waals surface area contributed by atoms with Crippen molar-refractivity contribution in [2.24, 2.45) is 0 Å². The Hall–Kier alpha value is -2.99. The third-order valence-corrected chi connectivity index (χ3v) is 4.08. The van der Waals surface area contributed by atoms with E-state index >= 15 is 0 Å². The summed E-state index contributed by atoms with van der Waals surface area (Å²) in [6, 6.07) is 12.8. The quantitative estimate of drug-likeness (QED) is 0.780. The van der Waals surface area contributed by atoms with Crippen molar-refractivity contribution in [2.45, 2.75) is 6.54 Å². The molecule has 25 heavy (non-hydrogen) atoms. The fourth-order valence-corrected chi connectivity index (χ4v) is 2.64. The first kappa shape index (κ1) is 15.5. The van der Waals surface area contributed by atoms with Crippen LogP contribution in [0.5, 0.6) is 11.5 Å². The van der Waals surface area contributed by atoms with E-state index in [0.717, 1.165) is 17.0 Å². The van der Waals surface area contributed by atoms with Gasteiger partial charge in [0, 0.05) is 17.8 Å². The van der Waals surface area contributed by atoms with Gasteiger partial charge in [-0.3, -0.25) is 4.79 Å². The number of benzene rings is 2. The largest absolute Gasteiger partial charge is 0.454 e. The first-order valence-corrected chi connectivity index (χ1v) is 8.04. The fourth-order valence-electron chi connectivity index (χ4n) is 2.51. The molecule has 1 N–H and O–H groups in total. The topological polar surface area (TPSA) is 65.4 Å². The Morgan fingerprint density at radius 1 is 1.16 bits per heavy atom. The van der Waals surface area contributed by atoms with Crippen molar-refractivity contribution in [3.05, 3.63) is 71.0 Å². The van der Waals surface area contributed by atoms with Crippen molar-refractivity contribution in [2.75, 3.05) is 6.79 Å². The summed E-state index contributed by atoms with van der Waals surface area (Å²) < 4.78 is 12.2. The van der Waals surface area contributed by atoms with Crippen molar-refractivity contribution < 1.29 is 14.3 Å². The van der Waals surface area contributed by atoms with Crippen LogP contribution in [0.25, 0.3) is 5.69 Å². The molecular weight excluding hydrogens is 342 g/mol. The van der Waals surface area contributed by atoms with Gasteiger partial charge in [-0.2, -0.15) is 5.10 Å². The van der Waals surface area contributed by atoms with Crippen molar-refractivity contribution in [3.8, 4) is 17.2 Å². The highest BCUT2D eigenvalue weighted by Crippen LogP contribution is 2.32. The molecule has 0 unspecified atom stereocenters. The van der Waals surface area contributed by atoms with Crippen molar-refractivity contribution in [1.29, 1.82) is 0 Å². The lowest BCUT2D eigenvalue weighted by Gasteiger charge is -2.05. The van der Waals surface area contributed by atoms with Gasteiger partial charge in [-0.25, -0.2) is 4.68 Å². The Bertz CT molecular complexity index is 922. The van der Waals surface area contributed by atoms with Crippen LogP contribution in [0.1, 0.15) is 15.9 Å². The number of nitrogens with zero attached hydrogens (tertiary/aromatic N) is 2. The zero-order valence-electron chi connectivity index (χ0n) is 13.1.